The molecule has 0 amide bonds. The van der Waals surface area contributed by atoms with Gasteiger partial charge in [0.15, 0.2) is 0 Å². The average molecular weight is 254 g/mol. The molecular formula is C12H14O4S. The predicted molar refractivity (Wildman–Crippen MR) is 66.0 cm³/mol. The van der Waals surface area contributed by atoms with E-state index in [1.165, 1.54) is 5.56 Å². The van der Waals surface area contributed by atoms with E-state index in [1.54, 1.807) is 12.5 Å². The van der Waals surface area contributed by atoms with Gasteiger partial charge in [-0.05, 0) is 11.6 Å². The summed E-state index contributed by atoms with van der Waals surface area (Å²) in [6.45, 7) is 0. The van der Waals surface area contributed by atoms with E-state index in [-0.39, 0.29) is 0 Å². The van der Waals surface area contributed by atoms with Crippen molar-refractivity contribution in [3.05, 3.63) is 48.9 Å². The van der Waals surface area contributed by atoms with E-state index in [0.717, 1.165) is 18.9 Å². The lowest BCUT2D eigenvalue weighted by Gasteiger charge is -1.92. The van der Waals surface area contributed by atoms with Crippen LogP contribution in [0.5, 0.6) is 0 Å². The summed E-state index contributed by atoms with van der Waals surface area (Å²) in [6.07, 6.45) is 4.42. The largest absolute Gasteiger partial charge is 0.472 e. The summed E-state index contributed by atoms with van der Waals surface area (Å²) >= 11 is 0. The molecule has 92 valence electrons. The molecular weight excluding hydrogens is 240 g/mol. The maximum atomic E-state index is 9.78. The first kappa shape index (κ1) is 13.5. The molecule has 0 aliphatic heterocycles. The summed E-state index contributed by atoms with van der Waals surface area (Å²) in [5.74, 6) is 0. The summed E-state index contributed by atoms with van der Waals surface area (Å²) in [4.78, 5) is 0. The Bertz CT molecular complexity index is 515. The first-order valence-electron chi connectivity index (χ1n) is 4.86. The molecule has 0 aliphatic rings. The predicted octanol–water partition coefficient (Wildman–Crippen LogP) is 2.54. The molecule has 1 aromatic heterocycles. The van der Waals surface area contributed by atoms with Crippen LogP contribution in [-0.2, 0) is 14.3 Å². The van der Waals surface area contributed by atoms with Crippen molar-refractivity contribution in [1.82, 2.24) is 0 Å². The summed E-state index contributed by atoms with van der Waals surface area (Å²) in [5.41, 5.74) is 2.33. The second-order valence-electron chi connectivity index (χ2n) is 3.25. The third-order valence-electron chi connectivity index (χ3n) is 1.93. The molecule has 17 heavy (non-hydrogen) atoms. The standard InChI is InChI=1S/C10H8O.C2H6O3S/c1-2-4-9(5-3-1)10-6-7-11-8-10;1-5-6(2,3)4/h1-8H;1-2H3. The van der Waals surface area contributed by atoms with Crippen LogP contribution in [0.3, 0.4) is 0 Å². The van der Waals surface area contributed by atoms with E-state index in [9.17, 15) is 8.42 Å². The summed E-state index contributed by atoms with van der Waals surface area (Å²) in [5, 5.41) is 0. The molecule has 1 aromatic carbocycles. The van der Waals surface area contributed by atoms with Crippen LogP contribution in [0.15, 0.2) is 53.3 Å². The molecule has 0 saturated carbocycles. The van der Waals surface area contributed by atoms with Crippen molar-refractivity contribution in [2.24, 2.45) is 0 Å². The quantitative estimate of drug-likeness (QED) is 0.773. The maximum Gasteiger partial charge on any atom is 0.264 e. The molecule has 0 bridgehead atoms. The molecule has 2 rings (SSSR count). The molecule has 0 radical (unpaired) electrons. The Balaban J connectivity index is 0.000000209. The zero-order valence-electron chi connectivity index (χ0n) is 9.66. The minimum atomic E-state index is -3.16. The van der Waals surface area contributed by atoms with Crippen LogP contribution in [0.4, 0.5) is 0 Å². The first-order valence-corrected chi connectivity index (χ1v) is 6.68. The Kier molecular flexibility index (Phi) is 4.93. The van der Waals surface area contributed by atoms with Crippen molar-refractivity contribution in [2.45, 2.75) is 0 Å². The third kappa shape index (κ3) is 5.33. The Morgan fingerprint density at radius 1 is 1.06 bits per heavy atom. The van der Waals surface area contributed by atoms with Crippen molar-refractivity contribution < 1.29 is 17.0 Å². The van der Waals surface area contributed by atoms with Gasteiger partial charge >= 0.3 is 0 Å². The Morgan fingerprint density at radius 2 is 1.65 bits per heavy atom. The highest BCUT2D eigenvalue weighted by molar-refractivity contribution is 7.85. The van der Waals surface area contributed by atoms with Gasteiger partial charge in [-0.1, -0.05) is 30.3 Å². The van der Waals surface area contributed by atoms with Crippen molar-refractivity contribution in [1.29, 1.82) is 0 Å². The van der Waals surface area contributed by atoms with Gasteiger partial charge < -0.3 is 4.42 Å². The Morgan fingerprint density at radius 3 is 2.06 bits per heavy atom. The molecule has 0 saturated heterocycles. The van der Waals surface area contributed by atoms with Crippen molar-refractivity contribution in [2.75, 3.05) is 13.4 Å². The van der Waals surface area contributed by atoms with Gasteiger partial charge in [0.05, 0.1) is 25.9 Å². The second kappa shape index (κ2) is 6.22. The van der Waals surface area contributed by atoms with Crippen LogP contribution in [0.2, 0.25) is 0 Å². The molecule has 1 heterocycles. The topological polar surface area (TPSA) is 56.5 Å². The highest BCUT2D eigenvalue weighted by atomic mass is 32.2. The van der Waals surface area contributed by atoms with Crippen LogP contribution in [0.1, 0.15) is 0 Å². The van der Waals surface area contributed by atoms with Gasteiger partial charge in [-0.2, -0.15) is 8.42 Å². The number of hydrogen-bond donors (Lipinski definition) is 0. The monoisotopic (exact) mass is 254 g/mol. The second-order valence-corrected chi connectivity index (χ2v) is 4.99. The van der Waals surface area contributed by atoms with E-state index >= 15 is 0 Å². The lowest BCUT2D eigenvalue weighted by Crippen LogP contribution is -1.95. The van der Waals surface area contributed by atoms with Gasteiger partial charge in [-0.15, -0.1) is 0 Å². The SMILES string of the molecule is COS(C)(=O)=O.c1ccc(-c2ccoc2)cc1. The minimum absolute atomic E-state index is 0.993. The fourth-order valence-electron chi connectivity index (χ4n) is 1.06. The van der Waals surface area contributed by atoms with Crippen LogP contribution in [-0.4, -0.2) is 21.8 Å². The van der Waals surface area contributed by atoms with E-state index in [2.05, 4.69) is 16.3 Å². The normalized spacial score (nSPS) is 10.5. The van der Waals surface area contributed by atoms with Gasteiger partial charge in [-0.25, -0.2) is 0 Å². The zero-order chi connectivity index (χ0) is 12.7. The van der Waals surface area contributed by atoms with Gasteiger partial charge in [-0.3, -0.25) is 4.18 Å². The molecule has 4 nitrogen and oxygen atoms in total. The third-order valence-corrected chi connectivity index (χ3v) is 2.54. The first-order chi connectivity index (χ1) is 8.03. The van der Waals surface area contributed by atoms with Crippen LogP contribution in [0, 0.1) is 0 Å². The Labute approximate surface area is 101 Å². The Hall–Kier alpha value is -1.59. The van der Waals surface area contributed by atoms with Crippen LogP contribution < -0.4 is 0 Å². The number of furan rings is 1. The molecule has 0 unspecified atom stereocenters. The molecule has 2 aromatic rings. The number of rotatable bonds is 2. The average Bonchev–Trinajstić information content (AvgIpc) is 2.84. The molecule has 5 heteroatoms. The summed E-state index contributed by atoms with van der Waals surface area (Å²) in [7, 11) is -2.04. The van der Waals surface area contributed by atoms with Crippen LogP contribution in [0.25, 0.3) is 11.1 Å². The minimum Gasteiger partial charge on any atom is -0.472 e. The number of hydrogen-bond acceptors (Lipinski definition) is 4. The van der Waals surface area contributed by atoms with Gasteiger partial charge in [0, 0.05) is 5.56 Å². The lowest BCUT2D eigenvalue weighted by atomic mass is 10.1. The number of benzene rings is 1. The summed E-state index contributed by atoms with van der Waals surface area (Å²) < 4.78 is 28.4. The fraction of sp³-hybridized carbons (Fsp3) is 0.167. The molecule has 0 fully saturated rings. The molecule has 0 N–H and O–H groups in total. The lowest BCUT2D eigenvalue weighted by molar-refractivity contribution is 0.403. The maximum absolute atomic E-state index is 9.78. The van der Waals surface area contributed by atoms with E-state index in [1.807, 2.05) is 24.3 Å². The van der Waals surface area contributed by atoms with Crippen molar-refractivity contribution in [3.63, 3.8) is 0 Å². The van der Waals surface area contributed by atoms with Gasteiger partial charge in [0.25, 0.3) is 10.1 Å². The molecule has 0 spiro atoms. The van der Waals surface area contributed by atoms with Crippen molar-refractivity contribution in [3.8, 4) is 11.1 Å². The van der Waals surface area contributed by atoms with E-state index in [4.69, 9.17) is 4.42 Å². The molecule has 0 atom stereocenters. The van der Waals surface area contributed by atoms with Gasteiger partial charge in [0.1, 0.15) is 0 Å². The fourth-order valence-corrected chi connectivity index (χ4v) is 1.06. The van der Waals surface area contributed by atoms with E-state index in [0.29, 0.717) is 0 Å². The van der Waals surface area contributed by atoms with E-state index < -0.39 is 10.1 Å². The van der Waals surface area contributed by atoms with Crippen molar-refractivity contribution >= 4 is 10.1 Å². The highest BCUT2D eigenvalue weighted by Crippen LogP contribution is 2.18. The smallest absolute Gasteiger partial charge is 0.264 e. The van der Waals surface area contributed by atoms with Crippen LogP contribution >= 0.6 is 0 Å². The zero-order valence-corrected chi connectivity index (χ0v) is 10.5. The molecule has 0 aliphatic carbocycles. The highest BCUT2D eigenvalue weighted by Gasteiger charge is 1.94. The van der Waals surface area contributed by atoms with Gasteiger partial charge in [0.2, 0.25) is 0 Å². The summed E-state index contributed by atoms with van der Waals surface area (Å²) in [6, 6.07) is 12.1.